The molecule has 3 nitrogen and oxygen atoms in total. The minimum atomic E-state index is -1.18. The summed E-state index contributed by atoms with van der Waals surface area (Å²) in [5.74, 6) is -4.85. The molecule has 0 radical (unpaired) electrons. The standard InChI is InChI=1S/C22H18F4O3/c1-2-28-17-10-8-16(20(24)22(17)26)14-5-3-13(4-6-14)12-29-18-9-7-15(11-27)19(23)21(18)25/h3-10,27H,2,11-12H2,1H3. The van der Waals surface area contributed by atoms with E-state index >= 15 is 0 Å². The second-order valence-corrected chi connectivity index (χ2v) is 6.17. The molecule has 0 bridgehead atoms. The van der Waals surface area contributed by atoms with E-state index in [1.54, 1.807) is 31.2 Å². The molecule has 0 aromatic heterocycles. The first-order valence-corrected chi connectivity index (χ1v) is 8.86. The lowest BCUT2D eigenvalue weighted by atomic mass is 10.0. The molecular formula is C22H18F4O3. The van der Waals surface area contributed by atoms with E-state index < -0.39 is 29.9 Å². The second-order valence-electron chi connectivity index (χ2n) is 6.17. The van der Waals surface area contributed by atoms with Gasteiger partial charge in [-0.3, -0.25) is 0 Å². The van der Waals surface area contributed by atoms with Gasteiger partial charge in [0, 0.05) is 11.1 Å². The number of halogens is 4. The third-order valence-electron chi connectivity index (χ3n) is 4.30. The van der Waals surface area contributed by atoms with Gasteiger partial charge in [0.1, 0.15) is 6.61 Å². The molecule has 0 saturated heterocycles. The number of aliphatic hydroxyl groups excluding tert-OH is 1. The summed E-state index contributed by atoms with van der Waals surface area (Å²) in [6, 6.07) is 11.6. The van der Waals surface area contributed by atoms with Gasteiger partial charge in [-0.2, -0.15) is 8.78 Å². The Morgan fingerprint density at radius 1 is 0.724 bits per heavy atom. The Morgan fingerprint density at radius 3 is 2.00 bits per heavy atom. The molecule has 0 aliphatic carbocycles. The van der Waals surface area contributed by atoms with Crippen LogP contribution in [0.4, 0.5) is 17.6 Å². The average molecular weight is 406 g/mol. The molecule has 0 saturated carbocycles. The molecule has 0 spiro atoms. The lowest BCUT2D eigenvalue weighted by molar-refractivity contribution is 0.264. The van der Waals surface area contributed by atoms with Crippen LogP contribution >= 0.6 is 0 Å². The van der Waals surface area contributed by atoms with Crippen LogP contribution in [0.2, 0.25) is 0 Å². The maximum atomic E-state index is 14.3. The van der Waals surface area contributed by atoms with Crippen LogP contribution in [0.1, 0.15) is 18.1 Å². The van der Waals surface area contributed by atoms with Gasteiger partial charge in [-0.15, -0.1) is 0 Å². The van der Waals surface area contributed by atoms with Crippen LogP contribution in [0.5, 0.6) is 11.5 Å². The van der Waals surface area contributed by atoms with Gasteiger partial charge in [0.05, 0.1) is 13.2 Å². The molecule has 3 aromatic carbocycles. The summed E-state index contributed by atoms with van der Waals surface area (Å²) in [4.78, 5) is 0. The van der Waals surface area contributed by atoms with Crippen molar-refractivity contribution in [3.05, 3.63) is 82.9 Å². The predicted molar refractivity (Wildman–Crippen MR) is 99.6 cm³/mol. The van der Waals surface area contributed by atoms with Crippen molar-refractivity contribution in [1.29, 1.82) is 0 Å². The van der Waals surface area contributed by atoms with Crippen LogP contribution in [0.25, 0.3) is 11.1 Å². The van der Waals surface area contributed by atoms with Crippen LogP contribution in [-0.2, 0) is 13.2 Å². The Bertz CT molecular complexity index is 1000. The molecule has 0 aliphatic rings. The number of ether oxygens (including phenoxy) is 2. The summed E-state index contributed by atoms with van der Waals surface area (Å²) in [5.41, 5.74) is 0.972. The lowest BCUT2D eigenvalue weighted by Gasteiger charge is -2.11. The molecule has 1 N–H and O–H groups in total. The molecule has 3 aromatic rings. The smallest absolute Gasteiger partial charge is 0.201 e. The highest BCUT2D eigenvalue weighted by Gasteiger charge is 2.16. The SMILES string of the molecule is CCOc1ccc(-c2ccc(COc3ccc(CO)c(F)c3F)cc2)c(F)c1F. The minimum Gasteiger partial charge on any atom is -0.491 e. The maximum absolute atomic E-state index is 14.3. The maximum Gasteiger partial charge on any atom is 0.201 e. The van der Waals surface area contributed by atoms with E-state index in [-0.39, 0.29) is 35.8 Å². The van der Waals surface area contributed by atoms with Gasteiger partial charge in [0.25, 0.3) is 0 Å². The summed E-state index contributed by atoms with van der Waals surface area (Å²) < 4.78 is 66.3. The highest BCUT2D eigenvalue weighted by atomic mass is 19.2. The summed E-state index contributed by atoms with van der Waals surface area (Å²) in [6.07, 6.45) is 0. The fraction of sp³-hybridized carbons (Fsp3) is 0.182. The normalized spacial score (nSPS) is 10.8. The monoisotopic (exact) mass is 406 g/mol. The molecular weight excluding hydrogens is 388 g/mol. The van der Waals surface area contributed by atoms with Crippen LogP contribution in [0, 0.1) is 23.3 Å². The molecule has 0 heterocycles. The van der Waals surface area contributed by atoms with Crippen molar-refractivity contribution in [2.24, 2.45) is 0 Å². The zero-order valence-electron chi connectivity index (χ0n) is 15.5. The highest BCUT2D eigenvalue weighted by Crippen LogP contribution is 2.30. The van der Waals surface area contributed by atoms with E-state index in [0.29, 0.717) is 11.1 Å². The average Bonchev–Trinajstić information content (AvgIpc) is 2.73. The largest absolute Gasteiger partial charge is 0.491 e. The molecule has 0 amide bonds. The van der Waals surface area contributed by atoms with E-state index in [9.17, 15) is 17.6 Å². The van der Waals surface area contributed by atoms with Crippen molar-refractivity contribution in [1.82, 2.24) is 0 Å². The van der Waals surface area contributed by atoms with Crippen LogP contribution in [0.15, 0.2) is 48.5 Å². The summed E-state index contributed by atoms with van der Waals surface area (Å²) in [7, 11) is 0. The van der Waals surface area contributed by atoms with Gasteiger partial charge >= 0.3 is 0 Å². The number of hydrogen-bond acceptors (Lipinski definition) is 3. The van der Waals surface area contributed by atoms with Gasteiger partial charge in [0.2, 0.25) is 11.6 Å². The third-order valence-corrected chi connectivity index (χ3v) is 4.30. The molecule has 29 heavy (non-hydrogen) atoms. The Kier molecular flexibility index (Phi) is 6.39. The van der Waals surface area contributed by atoms with Gasteiger partial charge < -0.3 is 14.6 Å². The van der Waals surface area contributed by atoms with E-state index in [0.717, 1.165) is 0 Å². The Hall–Kier alpha value is -3.06. The van der Waals surface area contributed by atoms with Gasteiger partial charge in [-0.1, -0.05) is 24.3 Å². The molecule has 0 fully saturated rings. The van der Waals surface area contributed by atoms with Crippen molar-refractivity contribution in [3.63, 3.8) is 0 Å². The van der Waals surface area contributed by atoms with Crippen molar-refractivity contribution < 1.29 is 32.1 Å². The highest BCUT2D eigenvalue weighted by molar-refractivity contribution is 5.65. The van der Waals surface area contributed by atoms with Gasteiger partial charge in [0.15, 0.2) is 23.1 Å². The Labute approximate surface area is 165 Å². The zero-order chi connectivity index (χ0) is 21.0. The van der Waals surface area contributed by atoms with Crippen molar-refractivity contribution in [3.8, 4) is 22.6 Å². The molecule has 0 aliphatic heterocycles. The number of hydrogen-bond donors (Lipinski definition) is 1. The summed E-state index contributed by atoms with van der Waals surface area (Å²) in [6.45, 7) is 1.22. The predicted octanol–water partition coefficient (Wildman–Crippen LogP) is 5.38. The van der Waals surface area contributed by atoms with Crippen LogP contribution < -0.4 is 9.47 Å². The Balaban J connectivity index is 1.75. The molecule has 7 heteroatoms. The van der Waals surface area contributed by atoms with E-state index in [2.05, 4.69) is 0 Å². The van der Waals surface area contributed by atoms with Crippen molar-refractivity contribution in [2.75, 3.05) is 6.61 Å². The van der Waals surface area contributed by atoms with Crippen LogP contribution in [-0.4, -0.2) is 11.7 Å². The first-order chi connectivity index (χ1) is 14.0. The number of rotatable bonds is 7. The quantitative estimate of drug-likeness (QED) is 0.536. The first kappa shape index (κ1) is 20.7. The fourth-order valence-electron chi connectivity index (χ4n) is 2.77. The van der Waals surface area contributed by atoms with Crippen molar-refractivity contribution in [2.45, 2.75) is 20.1 Å². The minimum absolute atomic E-state index is 0.0603. The lowest BCUT2D eigenvalue weighted by Crippen LogP contribution is -2.02. The third kappa shape index (κ3) is 4.35. The van der Waals surface area contributed by atoms with Gasteiger partial charge in [-0.05, 0) is 42.3 Å². The Morgan fingerprint density at radius 2 is 1.34 bits per heavy atom. The van der Waals surface area contributed by atoms with Crippen molar-refractivity contribution >= 4 is 0 Å². The zero-order valence-corrected chi connectivity index (χ0v) is 15.5. The second kappa shape index (κ2) is 8.96. The molecule has 152 valence electrons. The molecule has 0 atom stereocenters. The van der Waals surface area contributed by atoms with Gasteiger partial charge in [-0.25, -0.2) is 8.78 Å². The summed E-state index contributed by atoms with van der Waals surface area (Å²) in [5, 5.41) is 8.94. The molecule has 0 unspecified atom stereocenters. The topological polar surface area (TPSA) is 38.7 Å². The van der Waals surface area contributed by atoms with Crippen LogP contribution in [0.3, 0.4) is 0 Å². The summed E-state index contributed by atoms with van der Waals surface area (Å²) >= 11 is 0. The fourth-order valence-corrected chi connectivity index (χ4v) is 2.77. The molecule has 3 rings (SSSR count). The van der Waals surface area contributed by atoms with E-state index in [1.807, 2.05) is 0 Å². The number of benzene rings is 3. The number of aliphatic hydroxyl groups is 1. The first-order valence-electron chi connectivity index (χ1n) is 8.86. The van der Waals surface area contributed by atoms with E-state index in [1.165, 1.54) is 24.3 Å². The van der Waals surface area contributed by atoms with E-state index in [4.69, 9.17) is 14.6 Å².